The van der Waals surface area contributed by atoms with E-state index in [1.807, 2.05) is 54.6 Å². The SMILES string of the molecule is CCCCOc1nc(N(Cc2ccc(OC)cc2)Cc2ccc(OC)cc2)c2ncc(C(O)c3ccc(CN4CCCC4)cc3F)n2n1. The van der Waals surface area contributed by atoms with Gasteiger partial charge in [-0.1, -0.05) is 49.7 Å². The number of fused-ring (bicyclic) bond motifs is 1. The molecule has 3 aromatic carbocycles. The van der Waals surface area contributed by atoms with E-state index in [0.717, 1.165) is 54.1 Å². The highest BCUT2D eigenvalue weighted by atomic mass is 19.1. The van der Waals surface area contributed by atoms with Crippen LogP contribution in [0.15, 0.2) is 72.9 Å². The van der Waals surface area contributed by atoms with Gasteiger partial charge >= 0.3 is 6.01 Å². The molecule has 5 aromatic rings. The highest BCUT2D eigenvalue weighted by Gasteiger charge is 2.25. The maximum Gasteiger partial charge on any atom is 0.336 e. The van der Waals surface area contributed by atoms with Crippen molar-refractivity contribution in [3.05, 3.63) is 107 Å². The number of likely N-dealkylation sites (tertiary alicyclic amines) is 1. The van der Waals surface area contributed by atoms with Gasteiger partial charge < -0.3 is 24.2 Å². The minimum atomic E-state index is -1.32. The van der Waals surface area contributed by atoms with Crippen LogP contribution in [0.5, 0.6) is 17.5 Å². The molecule has 0 bridgehead atoms. The summed E-state index contributed by atoms with van der Waals surface area (Å²) in [6.45, 7) is 6.21. The average Bonchev–Trinajstić information content (AvgIpc) is 3.78. The van der Waals surface area contributed by atoms with E-state index in [1.165, 1.54) is 29.6 Å². The molecule has 1 aliphatic heterocycles. The van der Waals surface area contributed by atoms with E-state index >= 15 is 4.39 Å². The fourth-order valence-electron chi connectivity index (χ4n) is 5.99. The van der Waals surface area contributed by atoms with Crippen LogP contribution >= 0.6 is 0 Å². The third kappa shape index (κ3) is 7.69. The van der Waals surface area contributed by atoms with Crippen LogP contribution in [0, 0.1) is 5.82 Å². The molecule has 48 heavy (non-hydrogen) atoms. The lowest BCUT2D eigenvalue weighted by atomic mass is 10.0. The molecule has 11 heteroatoms. The van der Waals surface area contributed by atoms with E-state index in [4.69, 9.17) is 19.2 Å². The molecule has 0 radical (unpaired) electrons. The smallest absolute Gasteiger partial charge is 0.336 e. The highest BCUT2D eigenvalue weighted by Crippen LogP contribution is 2.31. The molecule has 1 saturated heterocycles. The Kier molecular flexibility index (Phi) is 10.7. The van der Waals surface area contributed by atoms with Gasteiger partial charge in [-0.25, -0.2) is 13.9 Å². The Bertz CT molecular complexity index is 1740. The molecule has 2 aromatic heterocycles. The number of unbranched alkanes of at least 4 members (excludes halogenated alkanes) is 1. The summed E-state index contributed by atoms with van der Waals surface area (Å²) in [5.74, 6) is 1.57. The number of imidazole rings is 1. The Balaban J connectivity index is 1.39. The maximum atomic E-state index is 15.6. The van der Waals surface area contributed by atoms with Gasteiger partial charge in [0, 0.05) is 25.2 Å². The van der Waals surface area contributed by atoms with E-state index in [1.54, 1.807) is 20.3 Å². The molecule has 10 nitrogen and oxygen atoms in total. The lowest BCUT2D eigenvalue weighted by Crippen LogP contribution is -2.25. The molecule has 6 rings (SSSR count). The summed E-state index contributed by atoms with van der Waals surface area (Å²) in [5.41, 5.74) is 3.82. The van der Waals surface area contributed by atoms with Crippen LogP contribution in [0.25, 0.3) is 5.65 Å². The topological polar surface area (TPSA) is 97.5 Å². The first-order valence-corrected chi connectivity index (χ1v) is 16.5. The van der Waals surface area contributed by atoms with Crippen LogP contribution in [0.3, 0.4) is 0 Å². The van der Waals surface area contributed by atoms with Crippen LogP contribution in [0.4, 0.5) is 10.2 Å². The maximum absolute atomic E-state index is 15.6. The van der Waals surface area contributed by atoms with Crippen molar-refractivity contribution in [2.45, 2.75) is 58.3 Å². The van der Waals surface area contributed by atoms with Crippen molar-refractivity contribution >= 4 is 11.5 Å². The molecule has 1 aliphatic rings. The zero-order chi connectivity index (χ0) is 33.5. The van der Waals surface area contributed by atoms with Crippen molar-refractivity contribution in [2.75, 3.05) is 38.8 Å². The van der Waals surface area contributed by atoms with Crippen LogP contribution in [-0.4, -0.2) is 63.5 Å². The predicted octanol–water partition coefficient (Wildman–Crippen LogP) is 6.34. The molecule has 1 fully saturated rings. The number of aliphatic hydroxyl groups is 1. The summed E-state index contributed by atoms with van der Waals surface area (Å²) in [4.78, 5) is 13.9. The number of methoxy groups -OCH3 is 2. The first-order valence-electron chi connectivity index (χ1n) is 16.5. The Hall–Kier alpha value is -4.74. The van der Waals surface area contributed by atoms with Gasteiger partial charge in [0.05, 0.1) is 32.7 Å². The van der Waals surface area contributed by atoms with Crippen LogP contribution in [-0.2, 0) is 19.6 Å². The fourth-order valence-corrected chi connectivity index (χ4v) is 5.99. The molecule has 0 spiro atoms. The molecule has 1 atom stereocenters. The number of nitrogens with zero attached hydrogens (tertiary/aromatic N) is 6. The minimum Gasteiger partial charge on any atom is -0.497 e. The van der Waals surface area contributed by atoms with Gasteiger partial charge in [0.15, 0.2) is 11.5 Å². The second-order valence-electron chi connectivity index (χ2n) is 12.1. The molecule has 1 N–H and O–H groups in total. The number of benzene rings is 3. The molecule has 1 unspecified atom stereocenters. The number of anilines is 1. The summed E-state index contributed by atoms with van der Waals surface area (Å²) < 4.78 is 33.9. The second kappa shape index (κ2) is 15.4. The highest BCUT2D eigenvalue weighted by molar-refractivity contribution is 5.65. The van der Waals surface area contributed by atoms with Gasteiger partial charge in [0.25, 0.3) is 0 Å². The van der Waals surface area contributed by atoms with Crippen LogP contribution < -0.4 is 19.1 Å². The average molecular weight is 655 g/mol. The van der Waals surface area contributed by atoms with Crippen molar-refractivity contribution in [2.24, 2.45) is 0 Å². The molecule has 252 valence electrons. The normalized spacial score (nSPS) is 13.9. The van der Waals surface area contributed by atoms with Crippen LogP contribution in [0.1, 0.15) is 66.7 Å². The van der Waals surface area contributed by atoms with E-state index in [2.05, 4.69) is 26.8 Å². The van der Waals surface area contributed by atoms with Crippen molar-refractivity contribution < 1.29 is 23.7 Å². The first kappa shape index (κ1) is 33.2. The molecular weight excluding hydrogens is 611 g/mol. The van der Waals surface area contributed by atoms with Gasteiger partial charge in [-0.2, -0.15) is 4.98 Å². The Morgan fingerprint density at radius 1 is 0.896 bits per heavy atom. The summed E-state index contributed by atoms with van der Waals surface area (Å²) in [6.07, 6.45) is 4.32. The number of halogens is 1. The Morgan fingerprint density at radius 3 is 2.10 bits per heavy atom. The van der Waals surface area contributed by atoms with Gasteiger partial charge in [-0.3, -0.25) is 4.90 Å². The zero-order valence-electron chi connectivity index (χ0n) is 27.8. The third-order valence-electron chi connectivity index (χ3n) is 8.69. The number of rotatable bonds is 15. The standard InChI is InChI=1S/C37H43FN6O4/c1-4-5-20-48-37-40-36(43(24-26-8-13-29(46-2)14-9-26)25-27-10-15-30(47-3)16-11-27)35-39-22-33(44(35)41-37)34(45)31-17-12-28(21-32(31)38)23-42-18-6-7-19-42/h8-17,21-22,34,45H,4-7,18-20,23-25H2,1-3H3. The van der Waals surface area contributed by atoms with Crippen molar-refractivity contribution in [1.29, 1.82) is 0 Å². The molecule has 3 heterocycles. The van der Waals surface area contributed by atoms with E-state index < -0.39 is 11.9 Å². The fraction of sp³-hybridized carbons (Fsp3) is 0.378. The summed E-state index contributed by atoms with van der Waals surface area (Å²) in [5, 5.41) is 16.2. The molecule has 0 amide bonds. The van der Waals surface area contributed by atoms with Gasteiger partial charge in [-0.15, -0.1) is 5.10 Å². The predicted molar refractivity (Wildman–Crippen MR) is 182 cm³/mol. The summed E-state index contributed by atoms with van der Waals surface area (Å²) in [6, 6.07) is 20.9. The van der Waals surface area contributed by atoms with Gasteiger partial charge in [0.1, 0.15) is 23.4 Å². The van der Waals surface area contributed by atoms with E-state index in [9.17, 15) is 5.11 Å². The van der Waals surface area contributed by atoms with Crippen molar-refractivity contribution in [3.63, 3.8) is 0 Å². The number of ether oxygens (including phenoxy) is 3. The second-order valence-corrected chi connectivity index (χ2v) is 12.1. The third-order valence-corrected chi connectivity index (χ3v) is 8.69. The summed E-state index contributed by atoms with van der Waals surface area (Å²) >= 11 is 0. The quantitative estimate of drug-likeness (QED) is 0.130. The lowest BCUT2D eigenvalue weighted by molar-refractivity contribution is 0.206. The number of aromatic nitrogens is 4. The molecule has 0 aliphatic carbocycles. The van der Waals surface area contributed by atoms with Crippen molar-refractivity contribution in [3.8, 4) is 17.5 Å². The number of hydrogen-bond donors (Lipinski definition) is 1. The minimum absolute atomic E-state index is 0.147. The summed E-state index contributed by atoms with van der Waals surface area (Å²) in [7, 11) is 3.28. The Morgan fingerprint density at radius 2 is 1.52 bits per heavy atom. The number of hydrogen-bond acceptors (Lipinski definition) is 9. The van der Waals surface area contributed by atoms with Crippen LogP contribution in [0.2, 0.25) is 0 Å². The monoisotopic (exact) mass is 654 g/mol. The zero-order valence-corrected chi connectivity index (χ0v) is 27.8. The largest absolute Gasteiger partial charge is 0.497 e. The van der Waals surface area contributed by atoms with Gasteiger partial charge in [0.2, 0.25) is 0 Å². The molecular formula is C37H43FN6O4. The Labute approximate surface area is 280 Å². The van der Waals surface area contributed by atoms with E-state index in [0.29, 0.717) is 43.4 Å². The van der Waals surface area contributed by atoms with Gasteiger partial charge in [-0.05, 0) is 79.4 Å². The number of aliphatic hydroxyl groups excluding tert-OH is 1. The first-order chi connectivity index (χ1) is 23.4. The van der Waals surface area contributed by atoms with E-state index in [-0.39, 0.29) is 11.6 Å². The van der Waals surface area contributed by atoms with Crippen molar-refractivity contribution in [1.82, 2.24) is 24.5 Å². The molecule has 0 saturated carbocycles. The lowest BCUT2D eigenvalue weighted by Gasteiger charge is -2.25.